The third-order valence-electron chi connectivity index (χ3n) is 14.0. The highest BCUT2D eigenvalue weighted by molar-refractivity contribution is 6.00. The number of nitro groups is 1. The Hall–Kier alpha value is -2.25. The van der Waals surface area contributed by atoms with Crippen LogP contribution in [0.25, 0.3) is 0 Å². The third-order valence-corrected chi connectivity index (χ3v) is 14.0. The van der Waals surface area contributed by atoms with Crippen molar-refractivity contribution in [2.75, 3.05) is 6.54 Å². The highest BCUT2D eigenvalue weighted by atomic mass is 16.6. The Bertz CT molecular complexity index is 1240. The van der Waals surface area contributed by atoms with Crippen molar-refractivity contribution in [1.82, 2.24) is 0 Å². The second kappa shape index (κ2) is 10.4. The van der Waals surface area contributed by atoms with Crippen molar-refractivity contribution in [2.45, 2.75) is 132 Å². The average molecular weight is 600 g/mol. The van der Waals surface area contributed by atoms with Gasteiger partial charge in [-0.05, 0) is 102 Å². The molecule has 0 heterocycles. The van der Waals surface area contributed by atoms with E-state index in [0.717, 1.165) is 56.1 Å². The standard InChI is InChI=1S/C35H53NO7/c1-20(2)29-24(39)18-35(28(19-36(40)41)43-22(4)38)17-16-33(8)23(30(29)35)10-11-26-32(7)14-13-27(42-21(3)37)31(5,6)25(32)12-15-34(26,33)9/h20,23,25-28H,10-19H2,1-9H3/t23-,25+,26-,27+,28?,32+,33-,34-,35+/m1/s1. The molecule has 8 nitrogen and oxygen atoms in total. The molecule has 1 unspecified atom stereocenters. The zero-order chi connectivity index (χ0) is 31.9. The first-order valence-electron chi connectivity index (χ1n) is 16.6. The fraction of sp³-hybridized carbons (Fsp3) is 0.857. The molecule has 0 aromatic rings. The van der Waals surface area contributed by atoms with Crippen molar-refractivity contribution < 1.29 is 28.8 Å². The summed E-state index contributed by atoms with van der Waals surface area (Å²) >= 11 is 0. The molecule has 4 fully saturated rings. The maximum absolute atomic E-state index is 13.8. The molecule has 0 aliphatic heterocycles. The number of fused-ring (bicyclic) bond motifs is 7. The monoisotopic (exact) mass is 599 g/mol. The summed E-state index contributed by atoms with van der Waals surface area (Å²) in [5.74, 6) is 0.361. The number of carbonyl (C=O) groups excluding carboxylic acids is 3. The molecule has 5 aliphatic carbocycles. The topological polar surface area (TPSA) is 113 Å². The Kier molecular flexibility index (Phi) is 7.78. The van der Waals surface area contributed by atoms with E-state index in [0.29, 0.717) is 18.3 Å². The van der Waals surface area contributed by atoms with E-state index in [1.54, 1.807) is 0 Å². The summed E-state index contributed by atoms with van der Waals surface area (Å²) in [6.45, 7) is 18.5. The first kappa shape index (κ1) is 32.2. The van der Waals surface area contributed by atoms with Crippen molar-refractivity contribution in [3.63, 3.8) is 0 Å². The van der Waals surface area contributed by atoms with Crippen molar-refractivity contribution in [3.05, 3.63) is 21.3 Å². The lowest BCUT2D eigenvalue weighted by Crippen LogP contribution is -2.66. The number of rotatable bonds is 6. The Morgan fingerprint density at radius 2 is 1.58 bits per heavy atom. The summed E-state index contributed by atoms with van der Waals surface area (Å²) in [4.78, 5) is 49.6. The molecule has 0 N–H and O–H groups in total. The van der Waals surface area contributed by atoms with Crippen LogP contribution in [-0.4, -0.2) is 41.4 Å². The minimum Gasteiger partial charge on any atom is -0.462 e. The van der Waals surface area contributed by atoms with Gasteiger partial charge in [0.15, 0.2) is 11.9 Å². The Morgan fingerprint density at radius 1 is 0.907 bits per heavy atom. The molecule has 0 spiro atoms. The van der Waals surface area contributed by atoms with E-state index in [1.807, 2.05) is 0 Å². The number of nitrogens with zero attached hydrogens (tertiary/aromatic N) is 1. The lowest BCUT2D eigenvalue weighted by molar-refractivity contribution is -0.494. The molecule has 0 radical (unpaired) electrons. The van der Waals surface area contributed by atoms with Crippen LogP contribution in [0.15, 0.2) is 11.1 Å². The Labute approximate surface area is 257 Å². The number of hydrogen-bond acceptors (Lipinski definition) is 7. The number of ketones is 1. The molecular formula is C35H53NO7. The van der Waals surface area contributed by atoms with Gasteiger partial charge in [0.2, 0.25) is 6.54 Å². The fourth-order valence-corrected chi connectivity index (χ4v) is 12.1. The summed E-state index contributed by atoms with van der Waals surface area (Å²) < 4.78 is 11.7. The van der Waals surface area contributed by atoms with Gasteiger partial charge in [-0.25, -0.2) is 0 Å². The van der Waals surface area contributed by atoms with Crippen molar-refractivity contribution in [2.24, 2.45) is 50.7 Å². The first-order chi connectivity index (χ1) is 19.8. The molecule has 8 heteroatoms. The molecule has 240 valence electrons. The number of allylic oxidation sites excluding steroid dienone is 1. The van der Waals surface area contributed by atoms with E-state index in [2.05, 4.69) is 48.5 Å². The van der Waals surface area contributed by atoms with E-state index in [1.165, 1.54) is 13.8 Å². The summed E-state index contributed by atoms with van der Waals surface area (Å²) in [7, 11) is 0. The minimum absolute atomic E-state index is 0.00329. The number of esters is 2. The van der Waals surface area contributed by atoms with Crippen molar-refractivity contribution in [1.29, 1.82) is 0 Å². The van der Waals surface area contributed by atoms with E-state index >= 15 is 0 Å². The third kappa shape index (κ3) is 4.54. The summed E-state index contributed by atoms with van der Waals surface area (Å²) in [5, 5.41) is 11.9. The van der Waals surface area contributed by atoms with Gasteiger partial charge in [0.25, 0.3) is 0 Å². The average Bonchev–Trinajstić information content (AvgIpc) is 3.18. The van der Waals surface area contributed by atoms with Crippen LogP contribution in [0.4, 0.5) is 0 Å². The highest BCUT2D eigenvalue weighted by Gasteiger charge is 2.71. The van der Waals surface area contributed by atoms with E-state index in [-0.39, 0.29) is 62.7 Å². The van der Waals surface area contributed by atoms with Gasteiger partial charge >= 0.3 is 11.9 Å². The zero-order valence-corrected chi connectivity index (χ0v) is 27.8. The van der Waals surface area contributed by atoms with Gasteiger partial charge in [0.05, 0.1) is 0 Å². The van der Waals surface area contributed by atoms with Crippen LogP contribution in [0, 0.1) is 60.9 Å². The zero-order valence-electron chi connectivity index (χ0n) is 27.8. The van der Waals surface area contributed by atoms with Crippen LogP contribution >= 0.6 is 0 Å². The SMILES string of the molecule is CC(=O)OC(C[N+](=O)[O-])[C@@]12CC[C@]3(C)[C@H](CC[C@@H]4[C@@]5(C)CC[C@H](OC(C)=O)C(C)(C)[C@@H]5CC[C@]43C)C1=C(C(C)C)C(=O)C2. The van der Waals surface area contributed by atoms with Crippen molar-refractivity contribution in [3.8, 4) is 0 Å². The summed E-state index contributed by atoms with van der Waals surface area (Å²) in [6, 6.07) is 0. The maximum Gasteiger partial charge on any atom is 0.303 e. The molecule has 9 atom stereocenters. The second-order valence-electron chi connectivity index (χ2n) is 16.4. The first-order valence-corrected chi connectivity index (χ1v) is 16.6. The van der Waals surface area contributed by atoms with Gasteiger partial charge in [0, 0.05) is 36.0 Å². The predicted octanol–water partition coefficient (Wildman–Crippen LogP) is 7.11. The Balaban J connectivity index is 1.58. The van der Waals surface area contributed by atoms with Gasteiger partial charge in [-0.2, -0.15) is 0 Å². The van der Waals surface area contributed by atoms with Crippen LogP contribution in [0.3, 0.4) is 0 Å². The lowest BCUT2D eigenvalue weighted by atomic mass is 9.33. The van der Waals surface area contributed by atoms with Crippen LogP contribution < -0.4 is 0 Å². The van der Waals surface area contributed by atoms with Crippen LogP contribution in [0.5, 0.6) is 0 Å². The molecule has 5 rings (SSSR count). The Morgan fingerprint density at radius 3 is 2.16 bits per heavy atom. The van der Waals surface area contributed by atoms with Gasteiger partial charge in [-0.3, -0.25) is 24.5 Å². The minimum atomic E-state index is -0.948. The van der Waals surface area contributed by atoms with Gasteiger partial charge < -0.3 is 9.47 Å². The van der Waals surface area contributed by atoms with Gasteiger partial charge in [-0.1, -0.05) is 48.5 Å². The molecule has 4 saturated carbocycles. The van der Waals surface area contributed by atoms with Crippen LogP contribution in [-0.2, 0) is 23.9 Å². The predicted molar refractivity (Wildman–Crippen MR) is 162 cm³/mol. The summed E-state index contributed by atoms with van der Waals surface area (Å²) in [5.41, 5.74) is 1.00. The van der Waals surface area contributed by atoms with Gasteiger partial charge in [0.1, 0.15) is 6.10 Å². The molecule has 0 amide bonds. The molecule has 0 aromatic carbocycles. The molecule has 5 aliphatic rings. The fourth-order valence-electron chi connectivity index (χ4n) is 12.1. The quantitative estimate of drug-likeness (QED) is 0.182. The molecule has 0 bridgehead atoms. The summed E-state index contributed by atoms with van der Waals surface area (Å²) in [6.07, 6.45) is 6.63. The number of hydrogen-bond donors (Lipinski definition) is 0. The van der Waals surface area contributed by atoms with E-state index in [4.69, 9.17) is 9.47 Å². The van der Waals surface area contributed by atoms with Gasteiger partial charge in [-0.15, -0.1) is 0 Å². The number of carbonyl (C=O) groups is 3. The number of ether oxygens (including phenoxy) is 2. The highest BCUT2D eigenvalue weighted by Crippen LogP contribution is 2.77. The molecular weight excluding hydrogens is 546 g/mol. The van der Waals surface area contributed by atoms with E-state index in [9.17, 15) is 24.5 Å². The normalized spacial score (nSPS) is 42.3. The second-order valence-corrected chi connectivity index (χ2v) is 16.4. The van der Waals surface area contributed by atoms with Crippen LogP contribution in [0.1, 0.15) is 120 Å². The largest absolute Gasteiger partial charge is 0.462 e. The molecule has 0 saturated heterocycles. The number of Topliss-reactive ketones (excluding diaryl/α,β-unsaturated/α-hetero) is 1. The smallest absolute Gasteiger partial charge is 0.303 e. The molecule has 43 heavy (non-hydrogen) atoms. The maximum atomic E-state index is 13.8. The van der Waals surface area contributed by atoms with Crippen LogP contribution in [0.2, 0.25) is 0 Å². The van der Waals surface area contributed by atoms with E-state index < -0.39 is 24.0 Å². The molecule has 0 aromatic heterocycles. The van der Waals surface area contributed by atoms with Crippen molar-refractivity contribution >= 4 is 17.7 Å². The lowest BCUT2D eigenvalue weighted by Gasteiger charge is -2.72.